The number of halogens is 1. The van der Waals surface area contributed by atoms with Crippen LogP contribution in [0.2, 0.25) is 0 Å². The van der Waals surface area contributed by atoms with Gasteiger partial charge >= 0.3 is 6.09 Å². The quantitative estimate of drug-likeness (QED) is 0.746. The molecular formula is C19H27BrN2O3. The summed E-state index contributed by atoms with van der Waals surface area (Å²) < 4.78 is 12.2. The Balaban J connectivity index is 1.81. The fourth-order valence-electron chi connectivity index (χ4n) is 3.00. The first-order chi connectivity index (χ1) is 11.8. The standard InChI is InChI=1S/C19H27BrN2O3/c1-19(2,3)25-18(23)22(16-6-7-16)13-14-4-5-15(20)12-17(14)21-8-10-24-11-9-21/h4-5,12,16H,6-11,13H2,1-3H3. The molecule has 2 fully saturated rings. The van der Waals surface area contributed by atoms with Gasteiger partial charge in [0.15, 0.2) is 0 Å². The number of rotatable bonds is 4. The van der Waals surface area contributed by atoms with Gasteiger partial charge in [-0.1, -0.05) is 22.0 Å². The molecule has 0 spiro atoms. The predicted molar refractivity (Wildman–Crippen MR) is 102 cm³/mol. The van der Waals surface area contributed by atoms with Crippen LogP contribution in [0.4, 0.5) is 10.5 Å². The molecule has 1 amide bonds. The first-order valence-electron chi connectivity index (χ1n) is 8.94. The van der Waals surface area contributed by atoms with Crippen LogP contribution < -0.4 is 4.90 Å². The van der Waals surface area contributed by atoms with E-state index in [9.17, 15) is 4.79 Å². The summed E-state index contributed by atoms with van der Waals surface area (Å²) >= 11 is 3.58. The number of carbonyl (C=O) groups excluding carboxylic acids is 1. The Morgan fingerprint density at radius 2 is 2.00 bits per heavy atom. The molecule has 0 radical (unpaired) electrons. The number of ether oxygens (including phenoxy) is 2. The van der Waals surface area contributed by atoms with Crippen molar-refractivity contribution in [2.75, 3.05) is 31.2 Å². The monoisotopic (exact) mass is 410 g/mol. The smallest absolute Gasteiger partial charge is 0.410 e. The normalized spacial score (nSPS) is 18.2. The molecule has 3 rings (SSSR count). The van der Waals surface area contributed by atoms with Crippen LogP contribution in [-0.4, -0.2) is 48.9 Å². The second-order valence-corrected chi connectivity index (χ2v) is 8.63. The van der Waals surface area contributed by atoms with E-state index in [0.717, 1.165) is 49.2 Å². The molecule has 25 heavy (non-hydrogen) atoms. The highest BCUT2D eigenvalue weighted by Gasteiger charge is 2.35. The van der Waals surface area contributed by atoms with E-state index in [1.54, 1.807) is 0 Å². The first kappa shape index (κ1) is 18.5. The molecule has 1 saturated carbocycles. The van der Waals surface area contributed by atoms with Crippen molar-refractivity contribution in [1.29, 1.82) is 0 Å². The van der Waals surface area contributed by atoms with Crippen LogP contribution >= 0.6 is 15.9 Å². The molecule has 138 valence electrons. The molecule has 1 saturated heterocycles. The van der Waals surface area contributed by atoms with Crippen molar-refractivity contribution in [2.45, 2.75) is 51.8 Å². The van der Waals surface area contributed by atoms with Crippen molar-refractivity contribution in [2.24, 2.45) is 0 Å². The lowest BCUT2D eigenvalue weighted by atomic mass is 10.1. The Hall–Kier alpha value is -1.27. The van der Waals surface area contributed by atoms with E-state index in [4.69, 9.17) is 9.47 Å². The van der Waals surface area contributed by atoms with Crippen LogP contribution in [0.25, 0.3) is 0 Å². The molecule has 1 aliphatic heterocycles. The Morgan fingerprint density at radius 1 is 1.32 bits per heavy atom. The van der Waals surface area contributed by atoms with Crippen LogP contribution in [0.15, 0.2) is 22.7 Å². The Morgan fingerprint density at radius 3 is 2.60 bits per heavy atom. The summed E-state index contributed by atoms with van der Waals surface area (Å²) in [6.07, 6.45) is 1.90. The van der Waals surface area contributed by atoms with Crippen LogP contribution in [0.5, 0.6) is 0 Å². The van der Waals surface area contributed by atoms with Crippen molar-refractivity contribution in [3.05, 3.63) is 28.2 Å². The summed E-state index contributed by atoms with van der Waals surface area (Å²) in [6, 6.07) is 6.59. The number of nitrogens with zero attached hydrogens (tertiary/aromatic N) is 2. The number of amides is 1. The summed E-state index contributed by atoms with van der Waals surface area (Å²) in [5.41, 5.74) is 1.85. The molecule has 0 bridgehead atoms. The van der Waals surface area contributed by atoms with Gasteiger partial charge in [-0.2, -0.15) is 0 Å². The second kappa shape index (κ2) is 7.54. The maximum absolute atomic E-state index is 12.7. The van der Waals surface area contributed by atoms with Gasteiger partial charge in [0.1, 0.15) is 5.60 Å². The van der Waals surface area contributed by atoms with E-state index in [0.29, 0.717) is 12.6 Å². The van der Waals surface area contributed by atoms with E-state index in [-0.39, 0.29) is 6.09 Å². The molecule has 6 heteroatoms. The van der Waals surface area contributed by atoms with E-state index in [1.165, 1.54) is 5.69 Å². The van der Waals surface area contributed by atoms with E-state index in [2.05, 4.69) is 33.0 Å². The minimum atomic E-state index is -0.475. The van der Waals surface area contributed by atoms with Crippen LogP contribution in [0.1, 0.15) is 39.2 Å². The number of benzene rings is 1. The minimum absolute atomic E-state index is 0.217. The second-order valence-electron chi connectivity index (χ2n) is 7.71. The summed E-state index contributed by atoms with van der Waals surface area (Å²) in [6.45, 7) is 9.55. The molecule has 5 nitrogen and oxygen atoms in total. The third-order valence-corrected chi connectivity index (χ3v) is 4.85. The van der Waals surface area contributed by atoms with Crippen molar-refractivity contribution >= 4 is 27.7 Å². The Labute approximate surface area is 158 Å². The van der Waals surface area contributed by atoms with E-state index in [1.807, 2.05) is 31.7 Å². The highest BCUT2D eigenvalue weighted by atomic mass is 79.9. The van der Waals surface area contributed by atoms with E-state index >= 15 is 0 Å². The van der Waals surface area contributed by atoms with Crippen molar-refractivity contribution in [3.63, 3.8) is 0 Å². The third-order valence-electron chi connectivity index (χ3n) is 4.36. The molecule has 2 aliphatic rings. The molecule has 0 N–H and O–H groups in total. The zero-order chi connectivity index (χ0) is 18.0. The van der Waals surface area contributed by atoms with Crippen molar-refractivity contribution in [3.8, 4) is 0 Å². The molecule has 1 aromatic rings. The fourth-order valence-corrected chi connectivity index (χ4v) is 3.35. The minimum Gasteiger partial charge on any atom is -0.444 e. The average Bonchev–Trinajstić information content (AvgIpc) is 3.37. The zero-order valence-electron chi connectivity index (χ0n) is 15.3. The van der Waals surface area contributed by atoms with Gasteiger partial charge in [-0.25, -0.2) is 4.79 Å². The Kier molecular flexibility index (Phi) is 5.58. The summed E-state index contributed by atoms with van der Waals surface area (Å²) in [5, 5.41) is 0. The number of morpholine rings is 1. The van der Waals surface area contributed by atoms with Crippen LogP contribution in [-0.2, 0) is 16.0 Å². The van der Waals surface area contributed by atoms with Crippen LogP contribution in [0, 0.1) is 0 Å². The lowest BCUT2D eigenvalue weighted by Crippen LogP contribution is -2.39. The molecule has 1 aromatic carbocycles. The molecule has 0 aromatic heterocycles. The molecule has 1 aliphatic carbocycles. The summed E-state index contributed by atoms with van der Waals surface area (Å²) in [4.78, 5) is 16.9. The third kappa shape index (κ3) is 5.11. The molecule has 0 unspecified atom stereocenters. The van der Waals surface area contributed by atoms with E-state index < -0.39 is 5.60 Å². The van der Waals surface area contributed by atoms with Crippen LogP contribution in [0.3, 0.4) is 0 Å². The van der Waals surface area contributed by atoms with Crippen molar-refractivity contribution < 1.29 is 14.3 Å². The average molecular weight is 411 g/mol. The highest BCUT2D eigenvalue weighted by molar-refractivity contribution is 9.10. The number of carbonyl (C=O) groups is 1. The van der Waals surface area contributed by atoms with Crippen molar-refractivity contribution in [1.82, 2.24) is 4.90 Å². The van der Waals surface area contributed by atoms with Gasteiger partial charge in [-0.3, -0.25) is 0 Å². The topological polar surface area (TPSA) is 42.0 Å². The molecular weight excluding hydrogens is 384 g/mol. The molecule has 0 atom stereocenters. The fraction of sp³-hybridized carbons (Fsp3) is 0.632. The van der Waals surface area contributed by atoms with Gasteiger partial charge in [0.25, 0.3) is 0 Å². The number of hydrogen-bond acceptors (Lipinski definition) is 4. The lowest BCUT2D eigenvalue weighted by molar-refractivity contribution is 0.0217. The van der Waals surface area contributed by atoms with Gasteiger partial charge in [-0.15, -0.1) is 0 Å². The van der Waals surface area contributed by atoms with Gasteiger partial charge in [-0.05, 0) is 51.3 Å². The maximum Gasteiger partial charge on any atom is 0.410 e. The Bertz CT molecular complexity index is 620. The molecule has 1 heterocycles. The van der Waals surface area contributed by atoms with Gasteiger partial charge in [0, 0.05) is 29.3 Å². The number of hydrogen-bond donors (Lipinski definition) is 0. The highest BCUT2D eigenvalue weighted by Crippen LogP contribution is 2.33. The predicted octanol–water partition coefficient (Wildman–Crippen LogP) is 4.19. The lowest BCUT2D eigenvalue weighted by Gasteiger charge is -2.33. The first-order valence-corrected chi connectivity index (χ1v) is 9.73. The summed E-state index contributed by atoms with van der Waals surface area (Å²) in [5.74, 6) is 0. The SMILES string of the molecule is CC(C)(C)OC(=O)N(Cc1ccc(Br)cc1N1CCOCC1)C1CC1. The number of anilines is 1. The summed E-state index contributed by atoms with van der Waals surface area (Å²) in [7, 11) is 0. The van der Waals surface area contributed by atoms with Gasteiger partial charge in [0.05, 0.1) is 19.8 Å². The maximum atomic E-state index is 12.7. The van der Waals surface area contributed by atoms with Gasteiger partial charge < -0.3 is 19.3 Å². The van der Waals surface area contributed by atoms with Gasteiger partial charge in [0.2, 0.25) is 0 Å². The zero-order valence-corrected chi connectivity index (χ0v) is 16.8. The largest absolute Gasteiger partial charge is 0.444 e.